The van der Waals surface area contributed by atoms with Crippen molar-refractivity contribution in [2.45, 2.75) is 25.7 Å². The van der Waals surface area contributed by atoms with Crippen molar-refractivity contribution in [2.75, 3.05) is 0 Å². The maximum absolute atomic E-state index is 11.9. The van der Waals surface area contributed by atoms with Crippen molar-refractivity contribution in [1.29, 1.82) is 0 Å². The maximum Gasteiger partial charge on any atom is 0.173 e. The van der Waals surface area contributed by atoms with E-state index in [0.717, 1.165) is 28.2 Å². The van der Waals surface area contributed by atoms with Crippen LogP contribution in [0.1, 0.15) is 42.6 Å². The van der Waals surface area contributed by atoms with Crippen molar-refractivity contribution < 1.29 is 9.59 Å². The van der Waals surface area contributed by atoms with Crippen molar-refractivity contribution in [2.24, 2.45) is 0 Å². The molecule has 0 saturated carbocycles. The number of aryl methyl sites for hydroxylation is 2. The van der Waals surface area contributed by atoms with Crippen LogP contribution in [0.2, 0.25) is 0 Å². The molecular formula is C14H12O2S2. The summed E-state index contributed by atoms with van der Waals surface area (Å²) >= 11 is 3.19. The molecule has 2 heterocycles. The molecule has 0 N–H and O–H groups in total. The topological polar surface area (TPSA) is 34.1 Å². The Kier molecular flexibility index (Phi) is 3.14. The Morgan fingerprint density at radius 2 is 2.22 bits per heavy atom. The lowest BCUT2D eigenvalue weighted by molar-refractivity contribution is 0.0983. The summed E-state index contributed by atoms with van der Waals surface area (Å²) < 4.78 is 0. The van der Waals surface area contributed by atoms with Crippen molar-refractivity contribution in [3.05, 3.63) is 43.8 Å². The molecule has 3 rings (SSSR count). The molecule has 0 unspecified atom stereocenters. The van der Waals surface area contributed by atoms with Gasteiger partial charge in [-0.15, -0.1) is 22.7 Å². The summed E-state index contributed by atoms with van der Waals surface area (Å²) in [5, 5.41) is 1.92. The molecule has 0 spiro atoms. The highest BCUT2D eigenvalue weighted by molar-refractivity contribution is 7.12. The summed E-state index contributed by atoms with van der Waals surface area (Å²) in [5.74, 6) is 0.460. The molecular weight excluding hydrogens is 264 g/mol. The fraction of sp³-hybridized carbons (Fsp3) is 0.286. The van der Waals surface area contributed by atoms with Crippen LogP contribution in [0.4, 0.5) is 0 Å². The minimum atomic E-state index is 0.199. The molecule has 0 aliphatic heterocycles. The summed E-state index contributed by atoms with van der Waals surface area (Å²) in [6.45, 7) is 0. The van der Waals surface area contributed by atoms with Crippen molar-refractivity contribution in [3.63, 3.8) is 0 Å². The van der Waals surface area contributed by atoms with Gasteiger partial charge in [0.05, 0.1) is 4.88 Å². The first-order valence-corrected chi connectivity index (χ1v) is 7.65. The predicted molar refractivity (Wildman–Crippen MR) is 73.9 cm³/mol. The molecule has 92 valence electrons. The Morgan fingerprint density at radius 1 is 1.33 bits per heavy atom. The van der Waals surface area contributed by atoms with Gasteiger partial charge in [-0.05, 0) is 30.4 Å². The highest BCUT2D eigenvalue weighted by Crippen LogP contribution is 2.31. The fourth-order valence-corrected chi connectivity index (χ4v) is 4.07. The van der Waals surface area contributed by atoms with E-state index in [-0.39, 0.29) is 11.6 Å². The van der Waals surface area contributed by atoms with Crippen LogP contribution < -0.4 is 0 Å². The van der Waals surface area contributed by atoms with Gasteiger partial charge in [0.25, 0.3) is 0 Å². The first kappa shape index (κ1) is 11.8. The van der Waals surface area contributed by atoms with E-state index in [1.807, 2.05) is 23.6 Å². The van der Waals surface area contributed by atoms with Crippen LogP contribution in [-0.4, -0.2) is 11.6 Å². The van der Waals surface area contributed by atoms with Gasteiger partial charge >= 0.3 is 0 Å². The number of hydrogen-bond acceptors (Lipinski definition) is 4. The summed E-state index contributed by atoms with van der Waals surface area (Å²) in [5.41, 5.74) is 0.901. The van der Waals surface area contributed by atoms with Gasteiger partial charge in [0.15, 0.2) is 11.6 Å². The normalized spacial score (nSPS) is 13.9. The summed E-state index contributed by atoms with van der Waals surface area (Å²) in [4.78, 5) is 26.6. The minimum Gasteiger partial charge on any atom is -0.294 e. The van der Waals surface area contributed by atoms with Crippen molar-refractivity contribution in [1.82, 2.24) is 0 Å². The maximum atomic E-state index is 11.9. The van der Waals surface area contributed by atoms with Gasteiger partial charge in [0, 0.05) is 28.2 Å². The minimum absolute atomic E-state index is 0.199. The third-order valence-corrected chi connectivity index (χ3v) is 5.30. The standard InChI is InChI=1S/C14H12O2S2/c15-11-5-6-13-10(11)8-9(18-13)3-4-12(16)14-2-1-7-17-14/h1-2,7-8H,3-6H2. The second kappa shape index (κ2) is 4.78. The number of ketones is 2. The molecule has 2 aromatic rings. The lowest BCUT2D eigenvalue weighted by Gasteiger charge is -1.96. The van der Waals surface area contributed by atoms with Crippen molar-refractivity contribution >= 4 is 34.2 Å². The lowest BCUT2D eigenvalue weighted by atomic mass is 10.1. The van der Waals surface area contributed by atoms with Gasteiger partial charge < -0.3 is 0 Å². The molecule has 2 nitrogen and oxygen atoms in total. The van der Waals surface area contributed by atoms with Crippen LogP contribution in [0.15, 0.2) is 23.6 Å². The van der Waals surface area contributed by atoms with Crippen molar-refractivity contribution in [3.8, 4) is 0 Å². The average Bonchev–Trinajstić information content (AvgIpc) is 3.05. The number of Topliss-reactive ketones (excluding diaryl/α,β-unsaturated/α-hetero) is 2. The number of carbonyl (C=O) groups is 2. The van der Waals surface area contributed by atoms with E-state index in [1.165, 1.54) is 16.2 Å². The largest absolute Gasteiger partial charge is 0.294 e. The Balaban J connectivity index is 1.66. The van der Waals surface area contributed by atoms with Gasteiger partial charge in [-0.25, -0.2) is 0 Å². The van der Waals surface area contributed by atoms with Gasteiger partial charge in [-0.3, -0.25) is 9.59 Å². The zero-order valence-electron chi connectivity index (χ0n) is 9.77. The lowest BCUT2D eigenvalue weighted by Crippen LogP contribution is -1.97. The number of thiophene rings is 2. The molecule has 18 heavy (non-hydrogen) atoms. The zero-order chi connectivity index (χ0) is 12.5. The molecule has 0 saturated heterocycles. The quantitative estimate of drug-likeness (QED) is 0.797. The predicted octanol–water partition coefficient (Wildman–Crippen LogP) is 3.75. The van der Waals surface area contributed by atoms with Crippen LogP contribution in [0.3, 0.4) is 0 Å². The first-order valence-electron chi connectivity index (χ1n) is 5.95. The van der Waals surface area contributed by atoms with E-state index >= 15 is 0 Å². The van der Waals surface area contributed by atoms with Crippen LogP contribution in [0.25, 0.3) is 0 Å². The van der Waals surface area contributed by atoms with E-state index in [9.17, 15) is 9.59 Å². The Morgan fingerprint density at radius 3 is 2.94 bits per heavy atom. The Bertz CT molecular complexity index is 593. The first-order chi connectivity index (χ1) is 8.74. The second-order valence-electron chi connectivity index (χ2n) is 4.37. The SMILES string of the molecule is O=C(CCc1cc2c(s1)CCC2=O)c1cccs1. The number of hydrogen-bond donors (Lipinski definition) is 0. The van der Waals surface area contributed by atoms with Gasteiger partial charge in [0.2, 0.25) is 0 Å². The highest BCUT2D eigenvalue weighted by Gasteiger charge is 2.22. The number of fused-ring (bicyclic) bond motifs is 1. The molecule has 2 aromatic heterocycles. The monoisotopic (exact) mass is 276 g/mol. The van der Waals surface area contributed by atoms with Crippen LogP contribution in [-0.2, 0) is 12.8 Å². The van der Waals surface area contributed by atoms with Gasteiger partial charge in [-0.2, -0.15) is 0 Å². The van der Waals surface area contributed by atoms with Crippen LogP contribution in [0, 0.1) is 0 Å². The van der Waals surface area contributed by atoms with Gasteiger partial charge in [-0.1, -0.05) is 6.07 Å². The second-order valence-corrected chi connectivity index (χ2v) is 6.54. The Hall–Kier alpha value is -1.26. The van der Waals surface area contributed by atoms with Crippen LogP contribution in [0.5, 0.6) is 0 Å². The molecule has 0 aromatic carbocycles. The van der Waals surface area contributed by atoms with E-state index in [2.05, 4.69) is 0 Å². The van der Waals surface area contributed by atoms with E-state index in [0.29, 0.717) is 12.8 Å². The smallest absolute Gasteiger partial charge is 0.173 e. The third kappa shape index (κ3) is 2.18. The fourth-order valence-electron chi connectivity index (χ4n) is 2.19. The third-order valence-electron chi connectivity index (χ3n) is 3.13. The molecule has 1 aliphatic rings. The van der Waals surface area contributed by atoms with Crippen LogP contribution >= 0.6 is 22.7 Å². The van der Waals surface area contributed by atoms with E-state index in [1.54, 1.807) is 11.3 Å². The zero-order valence-corrected chi connectivity index (χ0v) is 11.4. The molecule has 1 aliphatic carbocycles. The Labute approximate surface area is 113 Å². The molecule has 4 heteroatoms. The molecule has 0 atom stereocenters. The molecule has 0 radical (unpaired) electrons. The molecule has 0 amide bonds. The summed E-state index contributed by atoms with van der Waals surface area (Å²) in [6, 6.07) is 5.75. The van der Waals surface area contributed by atoms with E-state index in [4.69, 9.17) is 0 Å². The van der Waals surface area contributed by atoms with Gasteiger partial charge in [0.1, 0.15) is 0 Å². The summed E-state index contributed by atoms with van der Waals surface area (Å²) in [6.07, 6.45) is 2.84. The summed E-state index contributed by atoms with van der Waals surface area (Å²) in [7, 11) is 0. The highest BCUT2D eigenvalue weighted by atomic mass is 32.1. The number of carbonyl (C=O) groups excluding carboxylic acids is 2. The molecule has 0 fully saturated rings. The average molecular weight is 276 g/mol. The van der Waals surface area contributed by atoms with E-state index < -0.39 is 0 Å². The molecule has 0 bridgehead atoms. The number of rotatable bonds is 4.